The summed E-state index contributed by atoms with van der Waals surface area (Å²) in [5.74, 6) is -1.76. The number of nitrogens with zero attached hydrogens (tertiary/aromatic N) is 2. The van der Waals surface area contributed by atoms with Crippen LogP contribution in [-0.2, 0) is 0 Å². The Kier molecular flexibility index (Phi) is 3.27. The zero-order chi connectivity index (χ0) is 12.3. The maximum absolute atomic E-state index is 13.4. The van der Waals surface area contributed by atoms with Crippen molar-refractivity contribution in [2.45, 2.75) is 13.0 Å². The molecule has 1 aromatic heterocycles. The second-order valence-electron chi connectivity index (χ2n) is 3.60. The number of halogens is 2. The monoisotopic (exact) mass is 235 g/mol. The molecule has 0 radical (unpaired) electrons. The van der Waals surface area contributed by atoms with E-state index in [9.17, 15) is 8.78 Å². The third kappa shape index (κ3) is 2.55. The minimum absolute atomic E-state index is 0.114. The van der Waals surface area contributed by atoms with E-state index in [1.54, 1.807) is 25.5 Å². The summed E-state index contributed by atoms with van der Waals surface area (Å²) in [6, 6.07) is 3.75. The van der Waals surface area contributed by atoms with Gasteiger partial charge < -0.3 is 5.32 Å². The Labute approximate surface area is 97.5 Å². The van der Waals surface area contributed by atoms with Crippen molar-refractivity contribution < 1.29 is 8.78 Å². The highest BCUT2D eigenvalue weighted by molar-refractivity contribution is 5.46. The summed E-state index contributed by atoms with van der Waals surface area (Å²) in [6.45, 7) is 1.80. The van der Waals surface area contributed by atoms with E-state index in [1.807, 2.05) is 0 Å². The van der Waals surface area contributed by atoms with Crippen molar-refractivity contribution in [1.82, 2.24) is 9.97 Å². The van der Waals surface area contributed by atoms with Crippen molar-refractivity contribution in [3.8, 4) is 0 Å². The third-order valence-corrected chi connectivity index (χ3v) is 2.35. The molecular weight excluding hydrogens is 224 g/mol. The summed E-state index contributed by atoms with van der Waals surface area (Å²) in [5.41, 5.74) is 0.777. The molecule has 3 nitrogen and oxygen atoms in total. The molecule has 17 heavy (non-hydrogen) atoms. The Bertz CT molecular complexity index is 502. The SMILES string of the molecule is CC(Nc1cccc(F)c1F)c1cnccn1. The molecule has 1 N–H and O–H groups in total. The van der Waals surface area contributed by atoms with Crippen LogP contribution in [0.25, 0.3) is 0 Å². The molecule has 88 valence electrons. The van der Waals surface area contributed by atoms with Gasteiger partial charge in [0.15, 0.2) is 11.6 Å². The number of aromatic nitrogens is 2. The normalized spacial score (nSPS) is 12.2. The molecule has 0 aliphatic rings. The molecule has 0 saturated heterocycles. The Morgan fingerprint density at radius 1 is 1.24 bits per heavy atom. The lowest BCUT2D eigenvalue weighted by Crippen LogP contribution is -2.10. The molecule has 1 atom stereocenters. The Hall–Kier alpha value is -2.04. The maximum atomic E-state index is 13.4. The highest BCUT2D eigenvalue weighted by Gasteiger charge is 2.12. The summed E-state index contributed by atoms with van der Waals surface area (Å²) in [7, 11) is 0. The molecular formula is C12H11F2N3. The first-order valence-electron chi connectivity index (χ1n) is 5.15. The molecule has 1 heterocycles. The van der Waals surface area contributed by atoms with Gasteiger partial charge in [0.1, 0.15) is 0 Å². The van der Waals surface area contributed by atoms with E-state index in [-0.39, 0.29) is 11.7 Å². The van der Waals surface area contributed by atoms with Crippen LogP contribution < -0.4 is 5.32 Å². The van der Waals surface area contributed by atoms with Crippen molar-refractivity contribution >= 4 is 5.69 Å². The quantitative estimate of drug-likeness (QED) is 0.888. The summed E-state index contributed by atoms with van der Waals surface area (Å²) < 4.78 is 26.4. The summed E-state index contributed by atoms with van der Waals surface area (Å²) >= 11 is 0. The van der Waals surface area contributed by atoms with E-state index < -0.39 is 11.6 Å². The maximum Gasteiger partial charge on any atom is 0.181 e. The van der Waals surface area contributed by atoms with Crippen LogP contribution in [0.2, 0.25) is 0 Å². The zero-order valence-electron chi connectivity index (χ0n) is 9.19. The molecule has 2 aromatic rings. The molecule has 0 amide bonds. The molecule has 1 unspecified atom stereocenters. The Morgan fingerprint density at radius 2 is 2.06 bits per heavy atom. The molecule has 0 aliphatic carbocycles. The van der Waals surface area contributed by atoms with Crippen LogP contribution in [0.1, 0.15) is 18.7 Å². The standard InChI is InChI=1S/C12H11F2N3/c1-8(11-7-15-5-6-16-11)17-10-4-2-3-9(13)12(10)14/h2-8,17H,1H3. The Morgan fingerprint density at radius 3 is 2.76 bits per heavy atom. The molecule has 0 spiro atoms. The van der Waals surface area contributed by atoms with Crippen molar-refractivity contribution in [2.75, 3.05) is 5.32 Å². The molecule has 0 bridgehead atoms. The van der Waals surface area contributed by atoms with Crippen molar-refractivity contribution in [3.63, 3.8) is 0 Å². The van der Waals surface area contributed by atoms with Crippen LogP contribution >= 0.6 is 0 Å². The Balaban J connectivity index is 2.19. The van der Waals surface area contributed by atoms with Gasteiger partial charge in [0.25, 0.3) is 0 Å². The van der Waals surface area contributed by atoms with E-state index >= 15 is 0 Å². The van der Waals surface area contributed by atoms with Gasteiger partial charge in [-0.2, -0.15) is 0 Å². The lowest BCUT2D eigenvalue weighted by atomic mass is 10.2. The fourth-order valence-electron chi connectivity index (χ4n) is 1.46. The molecule has 0 fully saturated rings. The van der Waals surface area contributed by atoms with Gasteiger partial charge in [-0.15, -0.1) is 0 Å². The fourth-order valence-corrected chi connectivity index (χ4v) is 1.46. The van der Waals surface area contributed by atoms with Crippen LogP contribution in [0.5, 0.6) is 0 Å². The van der Waals surface area contributed by atoms with Gasteiger partial charge in [0.2, 0.25) is 0 Å². The van der Waals surface area contributed by atoms with Gasteiger partial charge in [-0.25, -0.2) is 8.78 Å². The summed E-state index contributed by atoms with van der Waals surface area (Å²) in [4.78, 5) is 8.00. The fraction of sp³-hybridized carbons (Fsp3) is 0.167. The average Bonchev–Trinajstić information content (AvgIpc) is 2.36. The van der Waals surface area contributed by atoms with Crippen molar-refractivity contribution in [1.29, 1.82) is 0 Å². The predicted octanol–water partition coefficient (Wildman–Crippen LogP) is 2.93. The van der Waals surface area contributed by atoms with Gasteiger partial charge in [0, 0.05) is 12.4 Å². The van der Waals surface area contributed by atoms with Crippen molar-refractivity contribution in [2.24, 2.45) is 0 Å². The van der Waals surface area contributed by atoms with E-state index in [1.165, 1.54) is 12.1 Å². The molecule has 5 heteroatoms. The van der Waals surface area contributed by atoms with Crippen LogP contribution in [0, 0.1) is 11.6 Å². The average molecular weight is 235 g/mol. The first-order chi connectivity index (χ1) is 8.18. The van der Waals surface area contributed by atoms with Crippen LogP contribution in [0.3, 0.4) is 0 Å². The van der Waals surface area contributed by atoms with Gasteiger partial charge >= 0.3 is 0 Å². The highest BCUT2D eigenvalue weighted by Crippen LogP contribution is 2.21. The van der Waals surface area contributed by atoms with E-state index in [2.05, 4.69) is 15.3 Å². The second-order valence-corrected chi connectivity index (χ2v) is 3.60. The first-order valence-corrected chi connectivity index (χ1v) is 5.15. The lowest BCUT2D eigenvalue weighted by molar-refractivity contribution is 0.510. The van der Waals surface area contributed by atoms with E-state index in [0.29, 0.717) is 5.69 Å². The van der Waals surface area contributed by atoms with Crippen LogP contribution in [0.4, 0.5) is 14.5 Å². The van der Waals surface area contributed by atoms with Gasteiger partial charge in [-0.3, -0.25) is 9.97 Å². The summed E-state index contributed by atoms with van der Waals surface area (Å²) in [6.07, 6.45) is 4.68. The van der Waals surface area contributed by atoms with Crippen LogP contribution in [0.15, 0.2) is 36.8 Å². The number of anilines is 1. The lowest BCUT2D eigenvalue weighted by Gasteiger charge is -2.14. The van der Waals surface area contributed by atoms with Gasteiger partial charge in [-0.1, -0.05) is 6.07 Å². The number of rotatable bonds is 3. The van der Waals surface area contributed by atoms with Crippen LogP contribution in [-0.4, -0.2) is 9.97 Å². The molecule has 1 aromatic carbocycles. The van der Waals surface area contributed by atoms with E-state index in [0.717, 1.165) is 6.07 Å². The molecule has 0 aliphatic heterocycles. The topological polar surface area (TPSA) is 37.8 Å². The third-order valence-electron chi connectivity index (χ3n) is 2.35. The molecule has 2 rings (SSSR count). The number of nitrogens with one attached hydrogen (secondary N) is 1. The molecule has 0 saturated carbocycles. The van der Waals surface area contributed by atoms with Gasteiger partial charge in [0.05, 0.1) is 23.6 Å². The minimum Gasteiger partial charge on any atom is -0.374 e. The minimum atomic E-state index is -0.886. The first kappa shape index (κ1) is 11.4. The number of hydrogen-bond acceptors (Lipinski definition) is 3. The smallest absolute Gasteiger partial charge is 0.181 e. The summed E-state index contributed by atoms with van der Waals surface area (Å²) in [5, 5.41) is 2.85. The number of benzene rings is 1. The van der Waals surface area contributed by atoms with Crippen molar-refractivity contribution in [3.05, 3.63) is 54.1 Å². The van der Waals surface area contributed by atoms with E-state index in [4.69, 9.17) is 0 Å². The number of hydrogen-bond donors (Lipinski definition) is 1. The zero-order valence-corrected chi connectivity index (χ0v) is 9.19. The second kappa shape index (κ2) is 4.86. The highest BCUT2D eigenvalue weighted by atomic mass is 19.2. The predicted molar refractivity (Wildman–Crippen MR) is 60.4 cm³/mol. The van der Waals surface area contributed by atoms with Gasteiger partial charge in [-0.05, 0) is 19.1 Å². The largest absolute Gasteiger partial charge is 0.374 e.